The molecular formula is C10H7ClNO. The Labute approximate surface area is 80.7 Å². The molecule has 0 aliphatic carbocycles. The summed E-state index contributed by atoms with van der Waals surface area (Å²) in [6.45, 7) is 0. The molecule has 1 aromatic heterocycles. The molecule has 0 unspecified atom stereocenters. The molecule has 1 radical (unpaired) electrons. The summed E-state index contributed by atoms with van der Waals surface area (Å²) in [4.78, 5) is 10.5. The van der Waals surface area contributed by atoms with Crippen molar-refractivity contribution in [2.75, 3.05) is 0 Å². The van der Waals surface area contributed by atoms with Crippen molar-refractivity contribution < 1.29 is 4.79 Å². The monoisotopic (exact) mass is 192 g/mol. The Morgan fingerprint density at radius 1 is 1.38 bits per heavy atom. The second kappa shape index (κ2) is 2.89. The van der Waals surface area contributed by atoms with Crippen molar-refractivity contribution in [1.82, 2.24) is 4.57 Å². The molecule has 0 bridgehead atoms. The summed E-state index contributed by atoms with van der Waals surface area (Å²) in [5.41, 5.74) is 1.53. The van der Waals surface area contributed by atoms with Crippen LogP contribution in [0.3, 0.4) is 0 Å². The highest BCUT2D eigenvalue weighted by atomic mass is 35.5. The minimum Gasteiger partial charge on any atom is -0.341 e. The Bertz CT molecular complexity index is 473. The van der Waals surface area contributed by atoms with Gasteiger partial charge in [0.2, 0.25) is 0 Å². The number of rotatable bonds is 1. The lowest BCUT2D eigenvalue weighted by Crippen LogP contribution is -1.92. The van der Waals surface area contributed by atoms with E-state index in [2.05, 4.69) is 0 Å². The number of hydrogen-bond acceptors (Lipinski definition) is 1. The van der Waals surface area contributed by atoms with Crippen LogP contribution in [0.4, 0.5) is 0 Å². The number of carbonyl (C=O) groups excluding carboxylic acids is 1. The Balaban J connectivity index is 2.83. The number of benzene rings is 1. The normalized spacial score (nSPS) is 10.6. The van der Waals surface area contributed by atoms with Crippen LogP contribution in [0.5, 0.6) is 0 Å². The lowest BCUT2D eigenvalue weighted by atomic mass is 10.2. The van der Waals surface area contributed by atoms with Crippen LogP contribution in [0.1, 0.15) is 5.69 Å². The van der Waals surface area contributed by atoms with Crippen molar-refractivity contribution in [2.24, 2.45) is 7.05 Å². The zero-order valence-corrected chi connectivity index (χ0v) is 7.80. The van der Waals surface area contributed by atoms with Crippen molar-refractivity contribution in [2.45, 2.75) is 0 Å². The van der Waals surface area contributed by atoms with Crippen LogP contribution >= 0.6 is 11.6 Å². The van der Waals surface area contributed by atoms with Crippen LogP contribution in [0.25, 0.3) is 10.9 Å². The van der Waals surface area contributed by atoms with Crippen molar-refractivity contribution >= 4 is 28.8 Å². The molecule has 0 aliphatic rings. The second-order valence-electron chi connectivity index (χ2n) is 2.89. The molecule has 0 fully saturated rings. The van der Waals surface area contributed by atoms with E-state index in [1.807, 2.05) is 25.5 Å². The van der Waals surface area contributed by atoms with Crippen molar-refractivity contribution in [3.8, 4) is 0 Å². The van der Waals surface area contributed by atoms with E-state index in [0.29, 0.717) is 10.7 Å². The van der Waals surface area contributed by atoms with Gasteiger partial charge in [-0.25, -0.2) is 0 Å². The average molecular weight is 193 g/mol. The molecule has 2 rings (SSSR count). The van der Waals surface area contributed by atoms with E-state index in [1.54, 1.807) is 16.7 Å². The van der Waals surface area contributed by atoms with Crippen molar-refractivity contribution in [3.63, 3.8) is 0 Å². The molecule has 0 spiro atoms. The quantitative estimate of drug-likeness (QED) is 0.680. The molecule has 2 aromatic rings. The fraction of sp³-hybridized carbons (Fsp3) is 0.100. The summed E-state index contributed by atoms with van der Waals surface area (Å²) in [6, 6.07) is 7.29. The number of aryl methyl sites for hydroxylation is 1. The molecule has 13 heavy (non-hydrogen) atoms. The number of aromatic nitrogens is 1. The molecule has 0 amide bonds. The Kier molecular flexibility index (Phi) is 1.85. The third kappa shape index (κ3) is 1.23. The molecular weight excluding hydrogens is 186 g/mol. The summed E-state index contributed by atoms with van der Waals surface area (Å²) in [5, 5.41) is 1.64. The van der Waals surface area contributed by atoms with Crippen molar-refractivity contribution in [1.29, 1.82) is 0 Å². The highest BCUT2D eigenvalue weighted by molar-refractivity contribution is 6.31. The smallest absolute Gasteiger partial charge is 0.251 e. The first-order chi connectivity index (χ1) is 6.22. The summed E-state index contributed by atoms with van der Waals surface area (Å²) in [6.07, 6.45) is 1.87. The van der Waals surface area contributed by atoms with Gasteiger partial charge >= 0.3 is 0 Å². The van der Waals surface area contributed by atoms with Gasteiger partial charge < -0.3 is 4.57 Å². The SMILES string of the molecule is Cn1c([C]=O)cc2cc(Cl)ccc21. The van der Waals surface area contributed by atoms with Gasteiger partial charge in [0.1, 0.15) is 0 Å². The summed E-state index contributed by atoms with van der Waals surface area (Å²) in [5.74, 6) is 0. The standard InChI is InChI=1S/C10H7ClNO/c1-12-9(6-13)5-7-4-8(11)2-3-10(7)12/h2-5H,1H3. The molecule has 2 nitrogen and oxygen atoms in total. The van der Waals surface area contributed by atoms with Crippen molar-refractivity contribution in [3.05, 3.63) is 35.0 Å². The highest BCUT2D eigenvalue weighted by Crippen LogP contribution is 2.21. The molecule has 1 heterocycles. The van der Waals surface area contributed by atoms with Crippen LogP contribution in [-0.4, -0.2) is 10.9 Å². The molecule has 1 aromatic carbocycles. The largest absolute Gasteiger partial charge is 0.341 e. The van der Waals surface area contributed by atoms with E-state index in [9.17, 15) is 4.79 Å². The third-order valence-corrected chi connectivity index (χ3v) is 2.34. The number of hydrogen-bond donors (Lipinski definition) is 0. The van der Waals surface area contributed by atoms with E-state index in [0.717, 1.165) is 10.9 Å². The van der Waals surface area contributed by atoms with Gasteiger partial charge in [-0.1, -0.05) is 11.6 Å². The molecule has 3 heteroatoms. The van der Waals surface area contributed by atoms with E-state index < -0.39 is 0 Å². The van der Waals surface area contributed by atoms with E-state index >= 15 is 0 Å². The van der Waals surface area contributed by atoms with E-state index in [-0.39, 0.29) is 0 Å². The van der Waals surface area contributed by atoms with Crippen LogP contribution in [0.2, 0.25) is 5.02 Å². The number of halogens is 1. The zero-order valence-electron chi connectivity index (χ0n) is 7.04. The topological polar surface area (TPSA) is 22.0 Å². The van der Waals surface area contributed by atoms with Gasteiger partial charge in [0.05, 0.1) is 5.69 Å². The maximum atomic E-state index is 10.5. The first kappa shape index (κ1) is 8.32. The zero-order chi connectivity index (χ0) is 9.42. The van der Waals surface area contributed by atoms with Gasteiger partial charge in [0.25, 0.3) is 6.29 Å². The summed E-state index contributed by atoms with van der Waals surface area (Å²) >= 11 is 5.82. The van der Waals surface area contributed by atoms with Crippen LogP contribution in [0, 0.1) is 0 Å². The summed E-state index contributed by atoms with van der Waals surface area (Å²) < 4.78 is 1.79. The Hall–Kier alpha value is -1.28. The molecule has 65 valence electrons. The molecule has 0 saturated carbocycles. The first-order valence-corrected chi connectivity index (χ1v) is 4.23. The lowest BCUT2D eigenvalue weighted by Gasteiger charge is -1.96. The first-order valence-electron chi connectivity index (χ1n) is 3.85. The minimum absolute atomic E-state index is 0.539. The van der Waals surface area contributed by atoms with Gasteiger partial charge in [-0.15, -0.1) is 0 Å². The molecule has 0 N–H and O–H groups in total. The van der Waals surface area contributed by atoms with E-state index in [1.165, 1.54) is 0 Å². The second-order valence-corrected chi connectivity index (χ2v) is 3.33. The third-order valence-electron chi connectivity index (χ3n) is 2.11. The van der Waals surface area contributed by atoms with E-state index in [4.69, 9.17) is 11.6 Å². The van der Waals surface area contributed by atoms with Crippen LogP contribution in [0.15, 0.2) is 24.3 Å². The maximum Gasteiger partial charge on any atom is 0.251 e. The maximum absolute atomic E-state index is 10.5. The fourth-order valence-electron chi connectivity index (χ4n) is 1.42. The van der Waals surface area contributed by atoms with Gasteiger partial charge in [0, 0.05) is 23.0 Å². The average Bonchev–Trinajstić information content (AvgIpc) is 2.42. The van der Waals surface area contributed by atoms with Gasteiger partial charge in [-0.05, 0) is 24.3 Å². The van der Waals surface area contributed by atoms with Gasteiger partial charge in [0.15, 0.2) is 0 Å². The van der Waals surface area contributed by atoms with Gasteiger partial charge in [-0.3, -0.25) is 4.79 Å². The molecule has 0 atom stereocenters. The lowest BCUT2D eigenvalue weighted by molar-refractivity contribution is 0.560. The molecule has 0 aliphatic heterocycles. The predicted molar refractivity (Wildman–Crippen MR) is 52.7 cm³/mol. The Morgan fingerprint density at radius 2 is 2.15 bits per heavy atom. The fourth-order valence-corrected chi connectivity index (χ4v) is 1.60. The summed E-state index contributed by atoms with van der Waals surface area (Å²) in [7, 11) is 1.83. The number of fused-ring (bicyclic) bond motifs is 1. The predicted octanol–water partition coefficient (Wildman–Crippen LogP) is 2.29. The van der Waals surface area contributed by atoms with Crippen LogP contribution < -0.4 is 0 Å². The highest BCUT2D eigenvalue weighted by Gasteiger charge is 2.04. The number of nitrogens with zero attached hydrogens (tertiary/aromatic N) is 1. The van der Waals surface area contributed by atoms with Gasteiger partial charge in [-0.2, -0.15) is 0 Å². The van der Waals surface area contributed by atoms with Crippen LogP contribution in [-0.2, 0) is 11.8 Å². The molecule has 0 saturated heterocycles. The Morgan fingerprint density at radius 3 is 2.85 bits per heavy atom. The minimum atomic E-state index is 0.539.